The third-order valence-electron chi connectivity index (χ3n) is 5.96. The fraction of sp³-hybridized carbons (Fsp3) is 0.920. The summed E-state index contributed by atoms with van der Waals surface area (Å²) in [4.78, 5) is 0. The molecular weight excluding hydrogens is 477 g/mol. The minimum atomic E-state index is 0. The molecule has 0 radical (unpaired) electrons. The molecule has 0 amide bonds. The maximum atomic E-state index is 5.84. The highest BCUT2D eigenvalue weighted by molar-refractivity contribution is 14.1. The Bertz CT molecular complexity index is 343. The van der Waals surface area contributed by atoms with Crippen LogP contribution >= 0.6 is 22.6 Å². The molecule has 0 aromatic rings. The number of unbranched alkanes of at least 4 members (excludes halogenated alkanes) is 12. The van der Waals surface area contributed by atoms with Crippen LogP contribution in [-0.4, -0.2) is 28.2 Å². The van der Waals surface area contributed by atoms with E-state index in [1.807, 2.05) is 0 Å². The molecule has 0 spiro atoms. The van der Waals surface area contributed by atoms with Gasteiger partial charge in [-0.05, 0) is 60.6 Å². The fourth-order valence-electron chi connectivity index (χ4n) is 4.08. The van der Waals surface area contributed by atoms with Crippen molar-refractivity contribution in [2.45, 2.75) is 128 Å². The van der Waals surface area contributed by atoms with Crippen LogP contribution in [0, 0.1) is 12.3 Å². The zero-order chi connectivity index (χ0) is 20.2. The van der Waals surface area contributed by atoms with Crippen molar-refractivity contribution in [1.82, 2.24) is 0 Å². The predicted molar refractivity (Wildman–Crippen MR) is 132 cm³/mol. The van der Waals surface area contributed by atoms with Crippen LogP contribution < -0.4 is 12.4 Å². The Morgan fingerprint density at radius 2 is 1.07 bits per heavy atom. The van der Waals surface area contributed by atoms with E-state index in [-0.39, 0.29) is 12.4 Å². The summed E-state index contributed by atoms with van der Waals surface area (Å²) in [5.41, 5.74) is 0. The van der Waals surface area contributed by atoms with E-state index in [1.54, 1.807) is 0 Å². The van der Waals surface area contributed by atoms with Crippen LogP contribution in [0.3, 0.4) is 0 Å². The second-order valence-electron chi connectivity index (χ2n) is 8.49. The molecule has 1 nitrogen and oxygen atoms in total. The van der Waals surface area contributed by atoms with Gasteiger partial charge in [0, 0.05) is 6.42 Å². The predicted octanol–water partition coefficient (Wildman–Crippen LogP) is 5.50. The van der Waals surface area contributed by atoms with E-state index in [1.165, 1.54) is 120 Å². The van der Waals surface area contributed by atoms with Crippen LogP contribution in [0.5, 0.6) is 0 Å². The lowest BCUT2D eigenvalue weighted by Crippen LogP contribution is -3.00. The molecule has 3 heteroatoms. The van der Waals surface area contributed by atoms with E-state index in [9.17, 15) is 0 Å². The van der Waals surface area contributed by atoms with Crippen LogP contribution in [0.2, 0.25) is 0 Å². The summed E-state index contributed by atoms with van der Waals surface area (Å²) >= 11 is 2.74. The molecule has 168 valence electrons. The number of nitrogens with zero attached hydrogens (tertiary/aromatic N) is 1. The fourth-order valence-corrected chi connectivity index (χ4v) is 5.28. The van der Waals surface area contributed by atoms with Gasteiger partial charge in [-0.25, -0.2) is 0 Å². The van der Waals surface area contributed by atoms with Gasteiger partial charge in [0.15, 0.2) is 0 Å². The number of halogens is 2. The van der Waals surface area contributed by atoms with Crippen molar-refractivity contribution in [2.75, 3.05) is 19.6 Å². The van der Waals surface area contributed by atoms with Crippen molar-refractivity contribution in [3.05, 3.63) is 0 Å². The molecule has 0 rings (SSSR count). The number of quaternary nitrogens is 1. The molecule has 1 unspecified atom stereocenters. The Labute approximate surface area is 198 Å². The average molecular weight is 526 g/mol. The summed E-state index contributed by atoms with van der Waals surface area (Å²) in [5, 5.41) is 0. The van der Waals surface area contributed by atoms with Crippen molar-refractivity contribution < 1.29 is 16.9 Å². The number of alkyl halides is 1. The molecule has 28 heavy (non-hydrogen) atoms. The second kappa shape index (κ2) is 22.2. The molecule has 0 bridgehead atoms. The highest BCUT2D eigenvalue weighted by Gasteiger charge is 2.33. The highest BCUT2D eigenvalue weighted by atomic mass is 127. The molecule has 0 saturated heterocycles. The molecule has 0 aliphatic carbocycles. The van der Waals surface area contributed by atoms with Gasteiger partial charge in [-0.1, -0.05) is 85.0 Å². The van der Waals surface area contributed by atoms with Crippen molar-refractivity contribution in [3.63, 3.8) is 0 Å². The van der Waals surface area contributed by atoms with E-state index in [0.29, 0.717) is 4.05 Å². The molecular formula is C25H49ClIN. The zero-order valence-corrected chi connectivity index (χ0v) is 22.2. The molecule has 0 aliphatic heterocycles. The average Bonchev–Trinajstić information content (AvgIpc) is 2.66. The van der Waals surface area contributed by atoms with Crippen molar-refractivity contribution in [3.8, 4) is 12.3 Å². The summed E-state index contributed by atoms with van der Waals surface area (Å²) < 4.78 is 1.87. The number of terminal acetylenes is 1. The summed E-state index contributed by atoms with van der Waals surface area (Å²) in [6.07, 6.45) is 27.9. The third kappa shape index (κ3) is 15.4. The lowest BCUT2D eigenvalue weighted by Gasteiger charge is -2.42. The Morgan fingerprint density at radius 1 is 0.679 bits per heavy atom. The van der Waals surface area contributed by atoms with Gasteiger partial charge in [0.2, 0.25) is 0 Å². The molecule has 0 aromatic heterocycles. The number of hydrogen-bond acceptors (Lipinski definition) is 0. The monoisotopic (exact) mass is 525 g/mol. The van der Waals surface area contributed by atoms with E-state index in [2.05, 4.69) is 49.3 Å². The maximum Gasteiger partial charge on any atom is 0.141 e. The van der Waals surface area contributed by atoms with E-state index < -0.39 is 0 Å². The minimum Gasteiger partial charge on any atom is -1.00 e. The quantitative estimate of drug-likeness (QED) is 0.0491. The minimum absolute atomic E-state index is 0. The van der Waals surface area contributed by atoms with Crippen molar-refractivity contribution in [1.29, 1.82) is 0 Å². The maximum absolute atomic E-state index is 5.84. The summed E-state index contributed by atoms with van der Waals surface area (Å²) in [6, 6.07) is 0. The first-order chi connectivity index (χ1) is 13.2. The van der Waals surface area contributed by atoms with Gasteiger partial charge in [-0.2, -0.15) is 0 Å². The van der Waals surface area contributed by atoms with Gasteiger partial charge in [0.25, 0.3) is 0 Å². The van der Waals surface area contributed by atoms with Gasteiger partial charge in [0.1, 0.15) is 10.6 Å². The van der Waals surface area contributed by atoms with Crippen molar-refractivity contribution in [2.24, 2.45) is 0 Å². The molecule has 0 N–H and O–H groups in total. The summed E-state index contributed by atoms with van der Waals surface area (Å²) in [6.45, 7) is 10.4. The Hall–Kier alpha value is 0.540. The first-order valence-corrected chi connectivity index (χ1v) is 13.3. The van der Waals surface area contributed by atoms with E-state index >= 15 is 0 Å². The third-order valence-corrected chi connectivity index (χ3v) is 7.76. The van der Waals surface area contributed by atoms with Crippen LogP contribution in [-0.2, 0) is 0 Å². The van der Waals surface area contributed by atoms with E-state index in [0.717, 1.165) is 6.54 Å². The van der Waals surface area contributed by atoms with Gasteiger partial charge in [-0.15, -0.1) is 6.42 Å². The number of rotatable bonds is 20. The van der Waals surface area contributed by atoms with Crippen LogP contribution in [0.15, 0.2) is 0 Å². The molecule has 0 saturated carbocycles. The molecule has 0 aromatic carbocycles. The lowest BCUT2D eigenvalue weighted by molar-refractivity contribution is -0.928. The molecule has 0 heterocycles. The van der Waals surface area contributed by atoms with Gasteiger partial charge in [0.05, 0.1) is 13.1 Å². The SMILES string of the molecule is C#CC[N+](CCCCC)(CCCCC)C(I)CCCCCCCCCCC.[Cl-]. The first-order valence-electron chi connectivity index (χ1n) is 12.1. The van der Waals surface area contributed by atoms with Crippen LogP contribution in [0.1, 0.15) is 124 Å². The Morgan fingerprint density at radius 3 is 1.50 bits per heavy atom. The standard InChI is InChI=1S/C25H49IN.ClH/c1-5-9-12-13-14-15-16-17-18-21-25(26)27(22-8-4,23-19-10-6-2)24-20-11-7-3;/h4,25H,5-7,9-24H2,1-3H3;1H/q+1;/p-1. The van der Waals surface area contributed by atoms with Crippen molar-refractivity contribution >= 4 is 22.6 Å². The Kier molecular flexibility index (Phi) is 24.4. The van der Waals surface area contributed by atoms with Crippen LogP contribution in [0.25, 0.3) is 0 Å². The molecule has 0 fully saturated rings. The van der Waals surface area contributed by atoms with Gasteiger partial charge in [-0.3, -0.25) is 0 Å². The highest BCUT2D eigenvalue weighted by Crippen LogP contribution is 2.27. The van der Waals surface area contributed by atoms with Crippen LogP contribution in [0.4, 0.5) is 0 Å². The topological polar surface area (TPSA) is 0 Å². The zero-order valence-electron chi connectivity index (χ0n) is 19.3. The summed E-state index contributed by atoms with van der Waals surface area (Å²) in [5.74, 6) is 3.05. The van der Waals surface area contributed by atoms with Gasteiger partial charge < -0.3 is 16.9 Å². The molecule has 0 aliphatic rings. The molecule has 1 atom stereocenters. The van der Waals surface area contributed by atoms with Gasteiger partial charge >= 0.3 is 0 Å². The number of hydrogen-bond donors (Lipinski definition) is 0. The first kappa shape index (κ1) is 30.7. The largest absolute Gasteiger partial charge is 1.00 e. The smallest absolute Gasteiger partial charge is 0.141 e. The van der Waals surface area contributed by atoms with E-state index in [4.69, 9.17) is 6.42 Å². The lowest BCUT2D eigenvalue weighted by atomic mass is 10.1. The normalized spacial score (nSPS) is 12.4. The summed E-state index contributed by atoms with van der Waals surface area (Å²) in [7, 11) is 0. The Balaban J connectivity index is 0. The second-order valence-corrected chi connectivity index (χ2v) is 9.93.